The van der Waals surface area contributed by atoms with Crippen LogP contribution in [-0.4, -0.2) is 12.6 Å². The van der Waals surface area contributed by atoms with Crippen molar-refractivity contribution >= 4 is 30.0 Å². The fourth-order valence-corrected chi connectivity index (χ4v) is 1.92. The molecule has 0 aliphatic carbocycles. The minimum Gasteiger partial charge on any atom is -0.492 e. The maximum Gasteiger partial charge on any atom is 0.323 e. The van der Waals surface area contributed by atoms with Gasteiger partial charge in [0.15, 0.2) is 0 Å². The molecule has 2 aromatic rings. The number of hydrogen-bond donors (Lipinski definition) is 3. The van der Waals surface area contributed by atoms with E-state index < -0.39 is 0 Å². The highest BCUT2D eigenvalue weighted by Gasteiger charge is 2.08. The van der Waals surface area contributed by atoms with Crippen LogP contribution >= 0.6 is 12.6 Å². The van der Waals surface area contributed by atoms with Crippen LogP contribution in [0.3, 0.4) is 0 Å². The van der Waals surface area contributed by atoms with Gasteiger partial charge in [-0.15, -0.1) is 12.6 Å². The Bertz CT molecular complexity index is 602. The molecular formula is C15H16N2O2S. The summed E-state index contributed by atoms with van der Waals surface area (Å²) in [6, 6.07) is 14.3. The monoisotopic (exact) mass is 288 g/mol. The predicted molar refractivity (Wildman–Crippen MR) is 83.9 cm³/mol. The van der Waals surface area contributed by atoms with Crippen LogP contribution in [0.25, 0.3) is 0 Å². The number of carbonyl (C=O) groups excluding carboxylic acids is 1. The summed E-state index contributed by atoms with van der Waals surface area (Å²) in [6.45, 7) is 2.44. The molecule has 2 aromatic carbocycles. The van der Waals surface area contributed by atoms with Gasteiger partial charge in [0, 0.05) is 4.90 Å². The molecule has 2 amide bonds. The summed E-state index contributed by atoms with van der Waals surface area (Å²) >= 11 is 4.29. The van der Waals surface area contributed by atoms with E-state index in [1.165, 1.54) is 0 Å². The molecule has 20 heavy (non-hydrogen) atoms. The second-order valence-corrected chi connectivity index (χ2v) is 4.51. The Morgan fingerprint density at radius 3 is 2.35 bits per heavy atom. The number of amides is 2. The number of hydrogen-bond acceptors (Lipinski definition) is 3. The van der Waals surface area contributed by atoms with Crippen LogP contribution in [-0.2, 0) is 0 Å². The molecule has 0 aliphatic heterocycles. The number of carbonyl (C=O) groups is 1. The minimum atomic E-state index is -0.335. The summed E-state index contributed by atoms with van der Waals surface area (Å²) in [4.78, 5) is 12.7. The molecule has 0 heterocycles. The molecule has 0 saturated carbocycles. The van der Waals surface area contributed by atoms with Gasteiger partial charge in [0.1, 0.15) is 5.75 Å². The average molecular weight is 288 g/mol. The molecule has 0 fully saturated rings. The lowest BCUT2D eigenvalue weighted by molar-refractivity contribution is 0.262. The fraction of sp³-hybridized carbons (Fsp3) is 0.133. The fourth-order valence-electron chi connectivity index (χ4n) is 1.71. The van der Waals surface area contributed by atoms with Crippen LogP contribution in [0.2, 0.25) is 0 Å². The lowest BCUT2D eigenvalue weighted by atomic mass is 10.3. The van der Waals surface area contributed by atoms with E-state index in [9.17, 15) is 4.79 Å². The maximum atomic E-state index is 12.0. The van der Waals surface area contributed by atoms with E-state index in [1.807, 2.05) is 43.3 Å². The smallest absolute Gasteiger partial charge is 0.323 e. The SMILES string of the molecule is CCOc1ccccc1NC(=O)Nc1ccccc1S. The Morgan fingerprint density at radius 2 is 1.65 bits per heavy atom. The van der Waals surface area contributed by atoms with Gasteiger partial charge in [0.2, 0.25) is 0 Å². The van der Waals surface area contributed by atoms with Crippen LogP contribution in [0.5, 0.6) is 5.75 Å². The first-order chi connectivity index (χ1) is 9.70. The second kappa shape index (κ2) is 6.86. The Hall–Kier alpha value is -2.14. The largest absolute Gasteiger partial charge is 0.492 e. The van der Waals surface area contributed by atoms with E-state index in [4.69, 9.17) is 4.74 Å². The van der Waals surface area contributed by atoms with Gasteiger partial charge in [-0.1, -0.05) is 24.3 Å². The number of thiol groups is 1. The van der Waals surface area contributed by atoms with Gasteiger partial charge in [-0.05, 0) is 31.2 Å². The van der Waals surface area contributed by atoms with Gasteiger partial charge >= 0.3 is 6.03 Å². The number of ether oxygens (including phenoxy) is 1. The summed E-state index contributed by atoms with van der Waals surface area (Å²) in [6.07, 6.45) is 0. The molecule has 0 atom stereocenters. The summed E-state index contributed by atoms with van der Waals surface area (Å²) in [5.41, 5.74) is 1.28. The highest BCUT2D eigenvalue weighted by molar-refractivity contribution is 7.80. The lowest BCUT2D eigenvalue weighted by Crippen LogP contribution is -2.20. The van der Waals surface area contributed by atoms with Crippen molar-refractivity contribution in [3.63, 3.8) is 0 Å². The molecule has 2 rings (SSSR count). The molecule has 0 aliphatic rings. The van der Waals surface area contributed by atoms with Crippen LogP contribution in [0.4, 0.5) is 16.2 Å². The Morgan fingerprint density at radius 1 is 1.05 bits per heavy atom. The molecule has 104 valence electrons. The first kappa shape index (κ1) is 14.3. The summed E-state index contributed by atoms with van der Waals surface area (Å²) in [5, 5.41) is 5.51. The number of nitrogens with one attached hydrogen (secondary N) is 2. The van der Waals surface area contributed by atoms with Crippen molar-refractivity contribution in [1.82, 2.24) is 0 Å². The second-order valence-electron chi connectivity index (χ2n) is 4.03. The third-order valence-electron chi connectivity index (χ3n) is 2.59. The van der Waals surface area contributed by atoms with E-state index in [0.29, 0.717) is 28.6 Å². The minimum absolute atomic E-state index is 0.335. The maximum absolute atomic E-state index is 12.0. The van der Waals surface area contributed by atoms with Gasteiger partial charge in [0.05, 0.1) is 18.0 Å². The average Bonchev–Trinajstić information content (AvgIpc) is 2.44. The molecule has 0 bridgehead atoms. The van der Waals surface area contributed by atoms with Crippen molar-refractivity contribution in [3.8, 4) is 5.75 Å². The molecule has 0 radical (unpaired) electrons. The van der Waals surface area contributed by atoms with Gasteiger partial charge in [-0.2, -0.15) is 0 Å². The number of urea groups is 1. The molecule has 2 N–H and O–H groups in total. The molecule has 0 saturated heterocycles. The standard InChI is InChI=1S/C15H16N2O2S/c1-2-19-13-9-5-3-7-11(13)16-15(18)17-12-8-4-6-10-14(12)20/h3-10,20H,2H2,1H3,(H2,16,17,18). The Kier molecular flexibility index (Phi) is 4.90. The van der Waals surface area contributed by atoms with Gasteiger partial charge in [-0.25, -0.2) is 4.79 Å². The van der Waals surface area contributed by atoms with E-state index in [1.54, 1.807) is 12.1 Å². The highest BCUT2D eigenvalue weighted by Crippen LogP contribution is 2.24. The van der Waals surface area contributed by atoms with Crippen molar-refractivity contribution < 1.29 is 9.53 Å². The Balaban J connectivity index is 2.07. The van der Waals surface area contributed by atoms with Crippen LogP contribution in [0.1, 0.15) is 6.92 Å². The first-order valence-corrected chi connectivity index (χ1v) is 6.73. The van der Waals surface area contributed by atoms with Gasteiger partial charge < -0.3 is 15.4 Å². The van der Waals surface area contributed by atoms with Crippen molar-refractivity contribution in [1.29, 1.82) is 0 Å². The summed E-state index contributed by atoms with van der Waals surface area (Å²) < 4.78 is 5.45. The van der Waals surface area contributed by atoms with E-state index in [-0.39, 0.29) is 6.03 Å². The van der Waals surface area contributed by atoms with E-state index >= 15 is 0 Å². The normalized spacial score (nSPS) is 9.90. The van der Waals surface area contributed by atoms with Crippen molar-refractivity contribution in [3.05, 3.63) is 48.5 Å². The summed E-state index contributed by atoms with van der Waals surface area (Å²) in [7, 11) is 0. The Labute approximate surface area is 123 Å². The molecule has 4 nitrogen and oxygen atoms in total. The van der Waals surface area contributed by atoms with Crippen molar-refractivity contribution in [2.75, 3.05) is 17.2 Å². The van der Waals surface area contributed by atoms with Gasteiger partial charge in [0.25, 0.3) is 0 Å². The van der Waals surface area contributed by atoms with Crippen molar-refractivity contribution in [2.24, 2.45) is 0 Å². The number of benzene rings is 2. The van der Waals surface area contributed by atoms with E-state index in [0.717, 1.165) is 0 Å². The van der Waals surface area contributed by atoms with Crippen molar-refractivity contribution in [2.45, 2.75) is 11.8 Å². The third-order valence-corrected chi connectivity index (χ3v) is 2.98. The predicted octanol–water partition coefficient (Wildman–Crippen LogP) is 4.02. The zero-order valence-corrected chi connectivity index (χ0v) is 12.0. The van der Waals surface area contributed by atoms with E-state index in [2.05, 4.69) is 23.3 Å². The van der Waals surface area contributed by atoms with Crippen LogP contribution < -0.4 is 15.4 Å². The summed E-state index contributed by atoms with van der Waals surface area (Å²) in [5.74, 6) is 0.643. The first-order valence-electron chi connectivity index (χ1n) is 6.28. The lowest BCUT2D eigenvalue weighted by Gasteiger charge is -2.12. The molecule has 0 unspecified atom stereocenters. The number of anilines is 2. The quantitative estimate of drug-likeness (QED) is 0.744. The highest BCUT2D eigenvalue weighted by atomic mass is 32.1. The van der Waals surface area contributed by atoms with Crippen LogP contribution in [0, 0.1) is 0 Å². The molecule has 0 spiro atoms. The zero-order valence-electron chi connectivity index (χ0n) is 11.1. The van der Waals surface area contributed by atoms with Gasteiger partial charge in [-0.3, -0.25) is 0 Å². The molecule has 5 heteroatoms. The third kappa shape index (κ3) is 3.68. The molecule has 0 aromatic heterocycles. The van der Waals surface area contributed by atoms with Crippen LogP contribution in [0.15, 0.2) is 53.4 Å². The number of rotatable bonds is 4. The molecular weight excluding hydrogens is 272 g/mol. The zero-order chi connectivity index (χ0) is 14.4. The number of para-hydroxylation sites is 3. The topological polar surface area (TPSA) is 50.4 Å².